The van der Waals surface area contributed by atoms with Crippen molar-refractivity contribution in [2.75, 3.05) is 37.5 Å². The fraction of sp³-hybridized carbons (Fsp3) is 0.421. The summed E-state index contributed by atoms with van der Waals surface area (Å²) >= 11 is 6.09. The number of amides is 1. The van der Waals surface area contributed by atoms with Crippen molar-refractivity contribution in [2.24, 2.45) is 5.92 Å². The predicted molar refractivity (Wildman–Crippen MR) is 105 cm³/mol. The number of rotatable bonds is 5. The van der Waals surface area contributed by atoms with Crippen LogP contribution in [-0.2, 0) is 0 Å². The Bertz CT molecular complexity index is 805. The smallest absolute Gasteiger partial charge is 0.276 e. The third-order valence-corrected chi connectivity index (χ3v) is 5.01. The lowest BCUT2D eigenvalue weighted by Crippen LogP contribution is -2.33. The molecule has 8 heteroatoms. The van der Waals surface area contributed by atoms with Crippen molar-refractivity contribution in [1.29, 1.82) is 0 Å². The first-order valence-corrected chi connectivity index (χ1v) is 9.21. The molecule has 0 radical (unpaired) electrons. The number of benzene rings is 1. The van der Waals surface area contributed by atoms with Gasteiger partial charge in [0.1, 0.15) is 11.5 Å². The molecule has 144 valence electrons. The Hall–Kier alpha value is -2.54. The summed E-state index contributed by atoms with van der Waals surface area (Å²) in [5.74, 6) is 2.02. The van der Waals surface area contributed by atoms with Crippen LogP contribution in [0.2, 0.25) is 5.02 Å². The van der Waals surface area contributed by atoms with Crippen LogP contribution < -0.4 is 19.7 Å². The third kappa shape index (κ3) is 4.42. The molecule has 0 atom stereocenters. The second-order valence-corrected chi connectivity index (χ2v) is 6.99. The molecule has 1 aliphatic rings. The van der Waals surface area contributed by atoms with Crippen LogP contribution in [0.25, 0.3) is 0 Å². The molecule has 0 unspecified atom stereocenters. The number of hydrogen-bond acceptors (Lipinski definition) is 6. The zero-order valence-electron chi connectivity index (χ0n) is 15.7. The van der Waals surface area contributed by atoms with E-state index in [1.165, 1.54) is 14.2 Å². The summed E-state index contributed by atoms with van der Waals surface area (Å²) in [4.78, 5) is 14.7. The van der Waals surface area contributed by atoms with Gasteiger partial charge in [-0.15, -0.1) is 10.2 Å². The molecule has 2 heterocycles. The van der Waals surface area contributed by atoms with Crippen LogP contribution in [0.5, 0.6) is 11.5 Å². The Morgan fingerprint density at radius 3 is 2.44 bits per heavy atom. The van der Waals surface area contributed by atoms with Crippen molar-refractivity contribution >= 4 is 29.0 Å². The maximum Gasteiger partial charge on any atom is 0.276 e. The van der Waals surface area contributed by atoms with Gasteiger partial charge in [0.25, 0.3) is 5.91 Å². The Labute approximate surface area is 163 Å². The molecule has 1 saturated heterocycles. The van der Waals surface area contributed by atoms with E-state index < -0.39 is 0 Å². The van der Waals surface area contributed by atoms with Crippen molar-refractivity contribution in [3.05, 3.63) is 35.0 Å². The summed E-state index contributed by atoms with van der Waals surface area (Å²) < 4.78 is 10.5. The minimum absolute atomic E-state index is 0.222. The number of anilines is 2. The minimum atomic E-state index is -0.385. The molecule has 3 rings (SSSR count). The van der Waals surface area contributed by atoms with E-state index in [-0.39, 0.29) is 11.6 Å². The van der Waals surface area contributed by atoms with Gasteiger partial charge in [0.2, 0.25) is 0 Å². The molecule has 1 aliphatic heterocycles. The fourth-order valence-corrected chi connectivity index (χ4v) is 3.23. The Morgan fingerprint density at radius 1 is 1.15 bits per heavy atom. The van der Waals surface area contributed by atoms with Crippen LogP contribution >= 0.6 is 11.6 Å². The highest BCUT2D eigenvalue weighted by molar-refractivity contribution is 6.32. The van der Waals surface area contributed by atoms with Gasteiger partial charge in [0, 0.05) is 25.2 Å². The van der Waals surface area contributed by atoms with E-state index in [0.29, 0.717) is 22.2 Å². The first-order chi connectivity index (χ1) is 13.0. The fourth-order valence-electron chi connectivity index (χ4n) is 3.00. The number of hydrogen-bond donors (Lipinski definition) is 1. The maximum atomic E-state index is 12.5. The van der Waals surface area contributed by atoms with Gasteiger partial charge < -0.3 is 19.7 Å². The highest BCUT2D eigenvalue weighted by Gasteiger charge is 2.19. The van der Waals surface area contributed by atoms with Crippen LogP contribution in [0, 0.1) is 5.92 Å². The van der Waals surface area contributed by atoms with E-state index >= 15 is 0 Å². The van der Waals surface area contributed by atoms with Crippen LogP contribution in [0.1, 0.15) is 30.3 Å². The lowest BCUT2D eigenvalue weighted by molar-refractivity contribution is 0.102. The van der Waals surface area contributed by atoms with Gasteiger partial charge in [-0.1, -0.05) is 18.5 Å². The number of aromatic nitrogens is 2. The number of ether oxygens (including phenoxy) is 2. The molecule has 0 bridgehead atoms. The summed E-state index contributed by atoms with van der Waals surface area (Å²) in [6, 6.07) is 6.70. The molecule has 27 heavy (non-hydrogen) atoms. The van der Waals surface area contributed by atoms with E-state index in [0.717, 1.165) is 37.7 Å². The summed E-state index contributed by atoms with van der Waals surface area (Å²) in [6.45, 7) is 4.18. The molecule has 0 spiro atoms. The molecular weight excluding hydrogens is 368 g/mol. The molecule has 0 aliphatic carbocycles. The van der Waals surface area contributed by atoms with Crippen molar-refractivity contribution in [3.8, 4) is 11.5 Å². The van der Waals surface area contributed by atoms with Gasteiger partial charge >= 0.3 is 0 Å². The number of methoxy groups -OCH3 is 2. The maximum absolute atomic E-state index is 12.5. The molecule has 2 aromatic rings. The average molecular weight is 391 g/mol. The zero-order chi connectivity index (χ0) is 19.4. The zero-order valence-corrected chi connectivity index (χ0v) is 16.4. The SMILES string of the molecule is COc1cc(NC(=O)c2ccc(N3CCC(C)CC3)nn2)c(OC)cc1Cl. The Morgan fingerprint density at radius 2 is 1.85 bits per heavy atom. The number of piperidine rings is 1. The minimum Gasteiger partial charge on any atom is -0.495 e. The molecule has 1 aromatic heterocycles. The van der Waals surface area contributed by atoms with Crippen LogP contribution in [0.3, 0.4) is 0 Å². The highest BCUT2D eigenvalue weighted by Crippen LogP contribution is 2.36. The first-order valence-electron chi connectivity index (χ1n) is 8.83. The van der Waals surface area contributed by atoms with Gasteiger partial charge in [-0.25, -0.2) is 0 Å². The normalized spacial score (nSPS) is 14.7. The second kappa shape index (κ2) is 8.43. The van der Waals surface area contributed by atoms with Crippen LogP contribution in [0.4, 0.5) is 11.5 Å². The molecule has 1 N–H and O–H groups in total. The monoisotopic (exact) mass is 390 g/mol. The summed E-state index contributed by atoms with van der Waals surface area (Å²) in [5, 5.41) is 11.5. The van der Waals surface area contributed by atoms with Gasteiger partial charge in [-0.2, -0.15) is 0 Å². The van der Waals surface area contributed by atoms with E-state index in [4.69, 9.17) is 21.1 Å². The largest absolute Gasteiger partial charge is 0.495 e. The summed E-state index contributed by atoms with van der Waals surface area (Å²) in [7, 11) is 3.01. The van der Waals surface area contributed by atoms with E-state index in [2.05, 4.69) is 27.3 Å². The topological polar surface area (TPSA) is 76.6 Å². The number of halogens is 1. The quantitative estimate of drug-likeness (QED) is 0.839. The lowest BCUT2D eigenvalue weighted by atomic mass is 9.99. The standard InChI is InChI=1S/C19H23ClN4O3/c1-12-6-8-24(9-7-12)18-5-4-14(22-23-18)19(25)21-15-11-16(26-2)13(20)10-17(15)27-3/h4-5,10-12H,6-9H2,1-3H3,(H,21,25). The Kier molecular flexibility index (Phi) is 6.01. The van der Waals surface area contributed by atoms with E-state index in [1.807, 2.05) is 6.07 Å². The van der Waals surface area contributed by atoms with E-state index in [9.17, 15) is 4.79 Å². The predicted octanol–water partition coefficient (Wildman–Crippen LogP) is 3.64. The summed E-state index contributed by atoms with van der Waals surface area (Å²) in [6.07, 6.45) is 2.28. The van der Waals surface area contributed by atoms with Crippen molar-refractivity contribution in [2.45, 2.75) is 19.8 Å². The molecule has 1 fully saturated rings. The number of nitrogens with one attached hydrogen (secondary N) is 1. The molecule has 1 aromatic carbocycles. The van der Waals surface area contributed by atoms with Gasteiger partial charge in [-0.3, -0.25) is 4.79 Å². The lowest BCUT2D eigenvalue weighted by Gasteiger charge is -2.30. The van der Waals surface area contributed by atoms with Gasteiger partial charge in [-0.05, 0) is 30.9 Å². The van der Waals surface area contributed by atoms with Gasteiger partial charge in [0.05, 0.1) is 24.9 Å². The summed E-state index contributed by atoms with van der Waals surface area (Å²) in [5.41, 5.74) is 0.666. The average Bonchev–Trinajstić information content (AvgIpc) is 2.69. The molecular formula is C19H23ClN4O3. The number of nitrogens with zero attached hydrogens (tertiary/aromatic N) is 3. The van der Waals surface area contributed by atoms with Gasteiger partial charge in [0.15, 0.2) is 11.5 Å². The first kappa shape index (κ1) is 19.2. The van der Waals surface area contributed by atoms with E-state index in [1.54, 1.807) is 18.2 Å². The highest BCUT2D eigenvalue weighted by atomic mass is 35.5. The van der Waals surface area contributed by atoms with Crippen molar-refractivity contribution in [3.63, 3.8) is 0 Å². The molecule has 0 saturated carbocycles. The van der Waals surface area contributed by atoms with Crippen molar-refractivity contribution < 1.29 is 14.3 Å². The molecule has 1 amide bonds. The number of carbonyl (C=O) groups is 1. The molecule has 7 nitrogen and oxygen atoms in total. The van der Waals surface area contributed by atoms with Crippen LogP contribution in [0.15, 0.2) is 24.3 Å². The Balaban J connectivity index is 1.73. The van der Waals surface area contributed by atoms with Crippen LogP contribution in [-0.4, -0.2) is 43.4 Å². The van der Waals surface area contributed by atoms with Crippen molar-refractivity contribution in [1.82, 2.24) is 10.2 Å². The number of carbonyl (C=O) groups excluding carboxylic acids is 1. The second-order valence-electron chi connectivity index (χ2n) is 6.59. The third-order valence-electron chi connectivity index (χ3n) is 4.71.